The summed E-state index contributed by atoms with van der Waals surface area (Å²) in [7, 11) is -3.35. The van der Waals surface area contributed by atoms with Crippen molar-refractivity contribution in [3.05, 3.63) is 24.3 Å². The number of benzene rings is 1. The maximum Gasteiger partial charge on any atom is 0.240 e. The van der Waals surface area contributed by atoms with E-state index in [0.29, 0.717) is 23.3 Å². The summed E-state index contributed by atoms with van der Waals surface area (Å²) in [6, 6.07) is 6.92. The second kappa shape index (κ2) is 5.92. The highest BCUT2D eigenvalue weighted by molar-refractivity contribution is 7.89. The molecule has 0 saturated heterocycles. The molecule has 1 aliphatic carbocycles. The molecule has 2 rings (SSSR count). The Morgan fingerprint density at radius 2 is 1.89 bits per heavy atom. The number of nitrogens with one attached hydrogen (secondary N) is 2. The van der Waals surface area contributed by atoms with Crippen LogP contribution in [0.15, 0.2) is 29.2 Å². The summed E-state index contributed by atoms with van der Waals surface area (Å²) in [5.74, 6) is 1.17. The molecule has 1 aromatic rings. The Bertz CT molecular complexity index is 511. The number of rotatable bonds is 7. The Morgan fingerprint density at radius 1 is 1.26 bits per heavy atom. The van der Waals surface area contributed by atoms with Gasteiger partial charge in [-0.25, -0.2) is 13.1 Å². The summed E-state index contributed by atoms with van der Waals surface area (Å²) in [6.07, 6.45) is 2.17. The van der Waals surface area contributed by atoms with Crippen LogP contribution in [0.25, 0.3) is 0 Å². The number of anilines is 1. The van der Waals surface area contributed by atoms with E-state index in [0.717, 1.165) is 25.1 Å². The average molecular weight is 282 g/mol. The van der Waals surface area contributed by atoms with E-state index in [-0.39, 0.29) is 0 Å². The second-order valence-corrected chi connectivity index (χ2v) is 7.04. The van der Waals surface area contributed by atoms with Gasteiger partial charge in [-0.1, -0.05) is 13.8 Å². The van der Waals surface area contributed by atoms with Crippen molar-refractivity contribution in [2.24, 2.45) is 11.8 Å². The van der Waals surface area contributed by atoms with Gasteiger partial charge >= 0.3 is 0 Å². The molecule has 0 bridgehead atoms. The number of hydrogen-bond acceptors (Lipinski definition) is 3. The molecule has 1 aliphatic rings. The Kier molecular flexibility index (Phi) is 4.47. The number of hydrogen-bond donors (Lipinski definition) is 2. The third kappa shape index (κ3) is 3.94. The van der Waals surface area contributed by atoms with E-state index in [2.05, 4.69) is 23.9 Å². The topological polar surface area (TPSA) is 58.2 Å². The quantitative estimate of drug-likeness (QED) is 0.807. The van der Waals surface area contributed by atoms with E-state index in [1.165, 1.54) is 0 Å². The molecule has 2 N–H and O–H groups in total. The van der Waals surface area contributed by atoms with E-state index < -0.39 is 10.0 Å². The molecular formula is C14H22N2O2S. The Morgan fingerprint density at radius 3 is 2.42 bits per heavy atom. The molecule has 4 nitrogen and oxygen atoms in total. The average Bonchev–Trinajstić information content (AvgIpc) is 3.11. The van der Waals surface area contributed by atoms with Crippen LogP contribution in [0.4, 0.5) is 5.69 Å². The van der Waals surface area contributed by atoms with Crippen LogP contribution in [0.2, 0.25) is 0 Å². The van der Waals surface area contributed by atoms with Crippen molar-refractivity contribution in [1.29, 1.82) is 0 Å². The first-order valence-electron chi connectivity index (χ1n) is 6.86. The van der Waals surface area contributed by atoms with Gasteiger partial charge < -0.3 is 5.32 Å². The summed E-state index contributed by atoms with van der Waals surface area (Å²) >= 11 is 0. The SMILES string of the molecule is CCCNc1ccc(S(=O)(=O)NCC2CC2C)cc1. The van der Waals surface area contributed by atoms with Gasteiger partial charge in [-0.05, 0) is 48.9 Å². The van der Waals surface area contributed by atoms with Crippen LogP contribution >= 0.6 is 0 Å². The van der Waals surface area contributed by atoms with E-state index in [1.54, 1.807) is 12.1 Å². The van der Waals surface area contributed by atoms with Crippen molar-refractivity contribution in [1.82, 2.24) is 4.72 Å². The zero-order chi connectivity index (χ0) is 13.9. The van der Waals surface area contributed by atoms with Crippen molar-refractivity contribution in [3.63, 3.8) is 0 Å². The molecule has 0 amide bonds. The van der Waals surface area contributed by atoms with E-state index in [4.69, 9.17) is 0 Å². The first kappa shape index (κ1) is 14.3. The summed E-state index contributed by atoms with van der Waals surface area (Å²) < 4.78 is 26.8. The van der Waals surface area contributed by atoms with Gasteiger partial charge in [-0.15, -0.1) is 0 Å². The van der Waals surface area contributed by atoms with E-state index in [1.807, 2.05) is 12.1 Å². The molecule has 106 valence electrons. The highest BCUT2D eigenvalue weighted by Crippen LogP contribution is 2.37. The van der Waals surface area contributed by atoms with Crippen LogP contribution in [-0.2, 0) is 10.0 Å². The zero-order valence-corrected chi connectivity index (χ0v) is 12.3. The molecule has 0 aliphatic heterocycles. The van der Waals surface area contributed by atoms with Gasteiger partial charge in [0.1, 0.15) is 0 Å². The fraction of sp³-hybridized carbons (Fsp3) is 0.571. The first-order chi connectivity index (χ1) is 9.03. The molecule has 2 unspecified atom stereocenters. The molecule has 19 heavy (non-hydrogen) atoms. The van der Waals surface area contributed by atoms with Crippen LogP contribution in [0.1, 0.15) is 26.7 Å². The zero-order valence-electron chi connectivity index (χ0n) is 11.5. The van der Waals surface area contributed by atoms with Gasteiger partial charge in [0.15, 0.2) is 0 Å². The van der Waals surface area contributed by atoms with E-state index in [9.17, 15) is 8.42 Å². The summed E-state index contributed by atoms with van der Waals surface area (Å²) in [6.45, 7) is 5.69. The second-order valence-electron chi connectivity index (χ2n) is 5.28. The highest BCUT2D eigenvalue weighted by atomic mass is 32.2. The fourth-order valence-electron chi connectivity index (χ4n) is 2.00. The summed E-state index contributed by atoms with van der Waals surface area (Å²) in [5.41, 5.74) is 0.955. The Labute approximate surface area is 115 Å². The third-order valence-corrected chi connectivity index (χ3v) is 4.99. The predicted molar refractivity (Wildman–Crippen MR) is 77.7 cm³/mol. The fourth-order valence-corrected chi connectivity index (χ4v) is 3.10. The highest BCUT2D eigenvalue weighted by Gasteiger charge is 2.33. The van der Waals surface area contributed by atoms with Crippen LogP contribution < -0.4 is 10.0 Å². The molecule has 0 heterocycles. The molecule has 1 fully saturated rings. The normalized spacial score (nSPS) is 22.2. The van der Waals surface area contributed by atoms with Crippen molar-refractivity contribution in [2.45, 2.75) is 31.6 Å². The standard InChI is InChI=1S/C14H22N2O2S/c1-3-8-15-13-4-6-14(7-5-13)19(17,18)16-10-12-9-11(12)2/h4-7,11-12,15-16H,3,8-10H2,1-2H3. The van der Waals surface area contributed by atoms with Gasteiger partial charge in [0, 0.05) is 18.8 Å². The van der Waals surface area contributed by atoms with Crippen LogP contribution in [0, 0.1) is 11.8 Å². The molecule has 0 spiro atoms. The Balaban J connectivity index is 1.95. The Hall–Kier alpha value is -1.07. The van der Waals surface area contributed by atoms with Gasteiger partial charge in [0.2, 0.25) is 10.0 Å². The molecule has 1 aromatic carbocycles. The lowest BCUT2D eigenvalue weighted by Crippen LogP contribution is -2.26. The minimum atomic E-state index is -3.35. The monoisotopic (exact) mass is 282 g/mol. The van der Waals surface area contributed by atoms with Gasteiger partial charge in [0.05, 0.1) is 4.90 Å². The lowest BCUT2D eigenvalue weighted by Gasteiger charge is -2.08. The maximum atomic E-state index is 12.1. The minimum Gasteiger partial charge on any atom is -0.385 e. The molecule has 2 atom stereocenters. The van der Waals surface area contributed by atoms with Crippen molar-refractivity contribution < 1.29 is 8.42 Å². The summed E-state index contributed by atoms with van der Waals surface area (Å²) in [5, 5.41) is 3.22. The van der Waals surface area contributed by atoms with Gasteiger partial charge in [-0.3, -0.25) is 0 Å². The molecule has 5 heteroatoms. The van der Waals surface area contributed by atoms with Gasteiger partial charge in [-0.2, -0.15) is 0 Å². The van der Waals surface area contributed by atoms with Crippen LogP contribution in [-0.4, -0.2) is 21.5 Å². The van der Waals surface area contributed by atoms with Crippen molar-refractivity contribution >= 4 is 15.7 Å². The molecular weight excluding hydrogens is 260 g/mol. The van der Waals surface area contributed by atoms with Crippen molar-refractivity contribution in [2.75, 3.05) is 18.4 Å². The smallest absolute Gasteiger partial charge is 0.240 e. The van der Waals surface area contributed by atoms with E-state index >= 15 is 0 Å². The lowest BCUT2D eigenvalue weighted by atomic mass is 10.3. The predicted octanol–water partition coefficient (Wildman–Crippen LogP) is 2.44. The number of sulfonamides is 1. The third-order valence-electron chi connectivity index (χ3n) is 3.56. The van der Waals surface area contributed by atoms with Crippen LogP contribution in [0.3, 0.4) is 0 Å². The van der Waals surface area contributed by atoms with Crippen molar-refractivity contribution in [3.8, 4) is 0 Å². The summed E-state index contributed by atoms with van der Waals surface area (Å²) in [4.78, 5) is 0.336. The largest absolute Gasteiger partial charge is 0.385 e. The molecule has 0 aromatic heterocycles. The lowest BCUT2D eigenvalue weighted by molar-refractivity contribution is 0.574. The minimum absolute atomic E-state index is 0.336. The van der Waals surface area contributed by atoms with Gasteiger partial charge in [0.25, 0.3) is 0 Å². The molecule has 0 radical (unpaired) electrons. The van der Waals surface area contributed by atoms with Crippen LogP contribution in [0.5, 0.6) is 0 Å². The molecule has 1 saturated carbocycles. The maximum absolute atomic E-state index is 12.1. The first-order valence-corrected chi connectivity index (χ1v) is 8.35.